The second-order valence-corrected chi connectivity index (χ2v) is 7.70. The minimum absolute atomic E-state index is 0.0213. The van der Waals surface area contributed by atoms with Crippen molar-refractivity contribution in [2.45, 2.75) is 6.54 Å². The molecule has 3 nitrogen and oxygen atoms in total. The van der Waals surface area contributed by atoms with Crippen LogP contribution in [0.25, 0.3) is 0 Å². The summed E-state index contributed by atoms with van der Waals surface area (Å²) >= 11 is 18.8. The molecule has 1 heterocycles. The lowest BCUT2D eigenvalue weighted by atomic mass is 10.00. The van der Waals surface area contributed by atoms with Crippen LogP contribution in [0.4, 0.5) is 5.69 Å². The number of anilines is 1. The summed E-state index contributed by atoms with van der Waals surface area (Å²) in [5, 5.41) is 1.77. The van der Waals surface area contributed by atoms with Gasteiger partial charge in [0.1, 0.15) is 6.54 Å². The molecule has 0 fully saturated rings. The molecular formula is C22H15Cl3N2O. The number of aliphatic imine (C=N–C) groups is 1. The van der Waals surface area contributed by atoms with E-state index in [0.717, 1.165) is 22.4 Å². The summed E-state index contributed by atoms with van der Waals surface area (Å²) in [6.45, 7) is 0.409. The molecule has 0 atom stereocenters. The Hall–Kier alpha value is -2.33. The van der Waals surface area contributed by atoms with Gasteiger partial charge in [0.2, 0.25) is 5.91 Å². The summed E-state index contributed by atoms with van der Waals surface area (Å²) in [6, 6.07) is 20.4. The number of amides is 1. The van der Waals surface area contributed by atoms with E-state index in [1.165, 1.54) is 0 Å². The summed E-state index contributed by atoms with van der Waals surface area (Å²) in [7, 11) is 0. The highest BCUT2D eigenvalue weighted by Gasteiger charge is 2.26. The van der Waals surface area contributed by atoms with E-state index in [0.29, 0.717) is 27.3 Å². The molecule has 4 rings (SSSR count). The van der Waals surface area contributed by atoms with Gasteiger partial charge in [-0.3, -0.25) is 9.79 Å². The lowest BCUT2D eigenvalue weighted by Gasteiger charge is -2.23. The maximum absolute atomic E-state index is 12.9. The van der Waals surface area contributed by atoms with Gasteiger partial charge in [0.15, 0.2) is 0 Å². The number of nitrogens with zero attached hydrogens (tertiary/aromatic N) is 2. The number of carbonyl (C=O) groups is 1. The molecule has 1 aliphatic heterocycles. The number of hydrogen-bond acceptors (Lipinski definition) is 2. The highest BCUT2D eigenvalue weighted by atomic mass is 35.5. The van der Waals surface area contributed by atoms with Crippen LogP contribution in [0.1, 0.15) is 16.7 Å². The number of rotatable bonds is 3. The van der Waals surface area contributed by atoms with E-state index < -0.39 is 0 Å². The van der Waals surface area contributed by atoms with Crippen LogP contribution in [0, 0.1) is 0 Å². The Labute approximate surface area is 178 Å². The Kier molecular flexibility index (Phi) is 5.40. The van der Waals surface area contributed by atoms with Crippen molar-refractivity contribution in [3.8, 4) is 0 Å². The number of halogens is 3. The first-order chi connectivity index (χ1) is 13.5. The van der Waals surface area contributed by atoms with Crippen molar-refractivity contribution >= 4 is 52.1 Å². The average Bonchev–Trinajstić information content (AvgIpc) is 2.80. The summed E-state index contributed by atoms with van der Waals surface area (Å²) in [5.74, 6) is -0.106. The zero-order valence-electron chi connectivity index (χ0n) is 14.7. The molecule has 0 aliphatic carbocycles. The molecule has 28 heavy (non-hydrogen) atoms. The van der Waals surface area contributed by atoms with Crippen molar-refractivity contribution in [1.82, 2.24) is 0 Å². The van der Waals surface area contributed by atoms with E-state index in [-0.39, 0.29) is 12.5 Å². The first kappa shape index (κ1) is 19.0. The maximum atomic E-state index is 12.9. The fraction of sp³-hybridized carbons (Fsp3) is 0.0909. The zero-order chi connectivity index (χ0) is 19.7. The maximum Gasteiger partial charge on any atom is 0.248 e. The lowest BCUT2D eigenvalue weighted by molar-refractivity contribution is -0.117. The van der Waals surface area contributed by atoms with Crippen LogP contribution in [0.15, 0.2) is 71.7 Å². The minimum Gasteiger partial charge on any atom is -0.306 e. The molecule has 0 bridgehead atoms. The Balaban J connectivity index is 1.84. The second kappa shape index (κ2) is 7.96. The van der Waals surface area contributed by atoms with Gasteiger partial charge < -0.3 is 4.90 Å². The SMILES string of the molecule is O=C1CN=C(c2ccccc2Cl)c2cc(Cl)ccc2N1Cc1cccc(Cl)c1. The summed E-state index contributed by atoms with van der Waals surface area (Å²) in [4.78, 5) is 19.2. The van der Waals surface area contributed by atoms with Crippen molar-refractivity contribution in [1.29, 1.82) is 0 Å². The van der Waals surface area contributed by atoms with Crippen molar-refractivity contribution in [3.05, 3.63) is 98.5 Å². The Morgan fingerprint density at radius 1 is 0.857 bits per heavy atom. The summed E-state index contributed by atoms with van der Waals surface area (Å²) in [5.41, 5.74) is 3.87. The smallest absolute Gasteiger partial charge is 0.248 e. The van der Waals surface area contributed by atoms with Crippen LogP contribution >= 0.6 is 34.8 Å². The number of carbonyl (C=O) groups excluding carboxylic acids is 1. The van der Waals surface area contributed by atoms with E-state index in [1.807, 2.05) is 54.6 Å². The van der Waals surface area contributed by atoms with Gasteiger partial charge in [0, 0.05) is 26.2 Å². The summed E-state index contributed by atoms with van der Waals surface area (Å²) < 4.78 is 0. The molecule has 0 aromatic heterocycles. The largest absolute Gasteiger partial charge is 0.306 e. The van der Waals surface area contributed by atoms with Gasteiger partial charge in [-0.1, -0.05) is 65.1 Å². The van der Waals surface area contributed by atoms with Gasteiger partial charge in [0.25, 0.3) is 0 Å². The van der Waals surface area contributed by atoms with Gasteiger partial charge in [-0.05, 0) is 42.0 Å². The molecule has 0 saturated heterocycles. The van der Waals surface area contributed by atoms with Crippen LogP contribution in [0.3, 0.4) is 0 Å². The van der Waals surface area contributed by atoms with E-state index in [4.69, 9.17) is 34.8 Å². The van der Waals surface area contributed by atoms with Crippen LogP contribution in [0.5, 0.6) is 0 Å². The van der Waals surface area contributed by atoms with Crippen molar-refractivity contribution in [2.75, 3.05) is 11.4 Å². The third-order valence-electron chi connectivity index (χ3n) is 4.54. The minimum atomic E-state index is -0.106. The lowest BCUT2D eigenvalue weighted by Crippen LogP contribution is -2.31. The standard InChI is InChI=1S/C22H15Cl3N2O/c23-15-5-3-4-14(10-15)13-27-20-9-8-16(24)11-18(20)22(26-12-21(27)28)17-6-1-2-7-19(17)25/h1-11H,12-13H2. The highest BCUT2D eigenvalue weighted by Crippen LogP contribution is 2.32. The molecule has 3 aromatic carbocycles. The quantitative estimate of drug-likeness (QED) is 0.500. The molecule has 0 unspecified atom stereocenters. The Morgan fingerprint density at radius 3 is 2.43 bits per heavy atom. The monoisotopic (exact) mass is 428 g/mol. The zero-order valence-corrected chi connectivity index (χ0v) is 17.0. The second-order valence-electron chi connectivity index (χ2n) is 6.42. The van der Waals surface area contributed by atoms with Gasteiger partial charge in [-0.15, -0.1) is 0 Å². The predicted molar refractivity (Wildman–Crippen MR) is 116 cm³/mol. The van der Waals surface area contributed by atoms with Crippen molar-refractivity contribution < 1.29 is 4.79 Å². The van der Waals surface area contributed by atoms with Crippen LogP contribution < -0.4 is 4.90 Å². The number of fused-ring (bicyclic) bond motifs is 1. The molecule has 0 saturated carbocycles. The molecule has 0 radical (unpaired) electrons. The van der Waals surface area contributed by atoms with Crippen molar-refractivity contribution in [2.24, 2.45) is 4.99 Å². The third-order valence-corrected chi connectivity index (χ3v) is 5.34. The Morgan fingerprint density at radius 2 is 1.64 bits per heavy atom. The van der Waals surface area contributed by atoms with E-state index in [1.54, 1.807) is 17.0 Å². The summed E-state index contributed by atoms with van der Waals surface area (Å²) in [6.07, 6.45) is 0. The fourth-order valence-electron chi connectivity index (χ4n) is 3.26. The first-order valence-corrected chi connectivity index (χ1v) is 9.80. The highest BCUT2D eigenvalue weighted by molar-refractivity contribution is 6.37. The third kappa shape index (κ3) is 3.79. The first-order valence-electron chi connectivity index (χ1n) is 8.67. The van der Waals surface area contributed by atoms with E-state index in [9.17, 15) is 4.79 Å². The molecule has 3 aromatic rings. The number of benzene rings is 3. The molecule has 0 spiro atoms. The number of benzodiazepines with no additional fused rings is 1. The fourth-order valence-corrected chi connectivity index (χ4v) is 3.87. The molecule has 140 valence electrons. The van der Waals surface area contributed by atoms with E-state index >= 15 is 0 Å². The molecule has 6 heteroatoms. The average molecular weight is 430 g/mol. The van der Waals surface area contributed by atoms with Gasteiger partial charge in [0.05, 0.1) is 17.9 Å². The predicted octanol–water partition coefficient (Wildman–Crippen LogP) is 6.03. The van der Waals surface area contributed by atoms with Gasteiger partial charge in [-0.25, -0.2) is 0 Å². The van der Waals surface area contributed by atoms with Crippen LogP contribution in [0.2, 0.25) is 15.1 Å². The van der Waals surface area contributed by atoms with Crippen LogP contribution in [-0.4, -0.2) is 18.2 Å². The van der Waals surface area contributed by atoms with Crippen LogP contribution in [-0.2, 0) is 11.3 Å². The van der Waals surface area contributed by atoms with E-state index in [2.05, 4.69) is 4.99 Å². The topological polar surface area (TPSA) is 32.7 Å². The van der Waals surface area contributed by atoms with Gasteiger partial charge >= 0.3 is 0 Å². The molecule has 1 amide bonds. The molecular weight excluding hydrogens is 415 g/mol. The normalized spacial score (nSPS) is 13.8. The Bertz CT molecular complexity index is 1090. The number of hydrogen-bond donors (Lipinski definition) is 0. The van der Waals surface area contributed by atoms with Crippen molar-refractivity contribution in [3.63, 3.8) is 0 Å². The van der Waals surface area contributed by atoms with Gasteiger partial charge in [-0.2, -0.15) is 0 Å². The molecule has 1 aliphatic rings. The molecule has 0 N–H and O–H groups in total.